The summed E-state index contributed by atoms with van der Waals surface area (Å²) in [4.78, 5) is 20.1. The molecule has 3 heterocycles. The molecule has 3 aromatic rings. The monoisotopic (exact) mass is 453 g/mol. The summed E-state index contributed by atoms with van der Waals surface area (Å²) in [5.41, 5.74) is 1.38. The number of pyridine rings is 1. The number of likely N-dealkylation sites (tertiary alicyclic amines) is 1. The maximum Gasteiger partial charge on any atom is 0.275 e. The largest absolute Gasteiger partial charge is 0.385 e. The molecule has 5 nitrogen and oxygen atoms in total. The number of piperidine rings is 1. The van der Waals surface area contributed by atoms with Gasteiger partial charge < -0.3 is 10.0 Å². The number of amides is 1. The Bertz CT molecular complexity index is 1050. The molecule has 1 aliphatic carbocycles. The molecule has 1 N–H and O–H groups in total. The molecule has 1 aromatic carbocycles. The predicted molar refractivity (Wildman–Crippen MR) is 115 cm³/mol. The third-order valence-corrected chi connectivity index (χ3v) is 7.28. The fourth-order valence-electron chi connectivity index (χ4n) is 5.31. The first-order chi connectivity index (χ1) is 14.1. The van der Waals surface area contributed by atoms with Gasteiger partial charge in [0.1, 0.15) is 0 Å². The summed E-state index contributed by atoms with van der Waals surface area (Å²) in [6.07, 6.45) is 6.50. The van der Waals surface area contributed by atoms with Crippen LogP contribution in [-0.2, 0) is 5.60 Å². The van der Waals surface area contributed by atoms with Crippen LogP contribution in [0.3, 0.4) is 0 Å². The second-order valence-corrected chi connectivity index (χ2v) is 8.89. The van der Waals surface area contributed by atoms with Gasteiger partial charge in [-0.05, 0) is 52.9 Å². The van der Waals surface area contributed by atoms with E-state index in [1.165, 1.54) is 0 Å². The average molecular weight is 454 g/mol. The molecule has 2 fully saturated rings. The van der Waals surface area contributed by atoms with E-state index in [2.05, 4.69) is 20.9 Å². The molecule has 1 aliphatic heterocycles. The van der Waals surface area contributed by atoms with Crippen molar-refractivity contribution >= 4 is 27.4 Å². The smallest absolute Gasteiger partial charge is 0.275 e. The molecule has 1 amide bonds. The third-order valence-electron chi connectivity index (χ3n) is 6.72. The minimum absolute atomic E-state index is 0.0357. The second kappa shape index (κ2) is 7.26. The Labute approximate surface area is 178 Å². The molecule has 1 saturated carbocycles. The first kappa shape index (κ1) is 18.8. The van der Waals surface area contributed by atoms with Gasteiger partial charge in [0, 0.05) is 24.7 Å². The maximum atomic E-state index is 13.6. The Morgan fingerprint density at radius 1 is 1.10 bits per heavy atom. The lowest BCUT2D eigenvalue weighted by molar-refractivity contribution is -0.110. The van der Waals surface area contributed by atoms with Crippen LogP contribution in [0.5, 0.6) is 0 Å². The number of carbonyl (C=O) groups excluding carboxylic acids is 1. The minimum atomic E-state index is -0.875. The fourth-order valence-corrected chi connectivity index (χ4v) is 5.80. The molecule has 6 heteroatoms. The number of aromatic nitrogens is 2. The van der Waals surface area contributed by atoms with Crippen molar-refractivity contribution < 1.29 is 9.90 Å². The molecule has 2 aromatic heterocycles. The Hall–Kier alpha value is -2.18. The van der Waals surface area contributed by atoms with Crippen molar-refractivity contribution in [2.45, 2.75) is 43.7 Å². The molecule has 0 radical (unpaired) electrons. The van der Waals surface area contributed by atoms with Gasteiger partial charge in [0.15, 0.2) is 10.4 Å². The molecule has 2 aliphatic rings. The summed E-state index contributed by atoms with van der Waals surface area (Å²) in [5.74, 6) is 0.0140. The quantitative estimate of drug-likeness (QED) is 0.625. The Morgan fingerprint density at radius 2 is 1.86 bits per heavy atom. The fraction of sp³-hybridized carbons (Fsp3) is 0.391. The highest BCUT2D eigenvalue weighted by Gasteiger charge is 2.50. The van der Waals surface area contributed by atoms with Crippen molar-refractivity contribution in [3.05, 3.63) is 70.7 Å². The number of nitrogens with zero attached hydrogens (tertiary/aromatic N) is 3. The van der Waals surface area contributed by atoms with Crippen molar-refractivity contribution in [3.8, 4) is 0 Å². The molecule has 0 spiro atoms. The molecule has 1 saturated heterocycles. The van der Waals surface area contributed by atoms with Gasteiger partial charge >= 0.3 is 0 Å². The van der Waals surface area contributed by atoms with E-state index in [-0.39, 0.29) is 17.9 Å². The lowest BCUT2D eigenvalue weighted by atomic mass is 9.66. The van der Waals surface area contributed by atoms with Crippen LogP contribution in [0.4, 0.5) is 0 Å². The predicted octanol–water partition coefficient (Wildman–Crippen LogP) is 4.39. The summed E-state index contributed by atoms with van der Waals surface area (Å²) >= 11 is 3.47. The molecule has 150 valence electrons. The number of benzene rings is 1. The van der Waals surface area contributed by atoms with Crippen molar-refractivity contribution in [2.75, 3.05) is 6.54 Å². The molecular formula is C23H24BrN3O2. The zero-order valence-electron chi connectivity index (χ0n) is 16.2. The topological polar surface area (TPSA) is 57.8 Å². The van der Waals surface area contributed by atoms with E-state index in [0.717, 1.165) is 36.8 Å². The number of hydrogen-bond donors (Lipinski definition) is 1. The van der Waals surface area contributed by atoms with Gasteiger partial charge in [-0.2, -0.15) is 0 Å². The van der Waals surface area contributed by atoms with Gasteiger partial charge in [-0.15, -0.1) is 0 Å². The second-order valence-electron chi connectivity index (χ2n) is 8.18. The Kier molecular flexibility index (Phi) is 4.71. The number of aliphatic hydroxyl groups is 1. The van der Waals surface area contributed by atoms with Crippen LogP contribution in [0.25, 0.3) is 5.52 Å². The van der Waals surface area contributed by atoms with E-state index in [4.69, 9.17) is 0 Å². The van der Waals surface area contributed by atoms with E-state index < -0.39 is 5.60 Å². The molecule has 1 unspecified atom stereocenters. The third kappa shape index (κ3) is 3.01. The molecule has 3 atom stereocenters. The summed E-state index contributed by atoms with van der Waals surface area (Å²) in [6.45, 7) is 0.537. The van der Waals surface area contributed by atoms with Gasteiger partial charge in [0.25, 0.3) is 5.91 Å². The van der Waals surface area contributed by atoms with Crippen molar-refractivity contribution in [3.63, 3.8) is 0 Å². The van der Waals surface area contributed by atoms with Gasteiger partial charge in [0.2, 0.25) is 0 Å². The maximum absolute atomic E-state index is 13.6. The Balaban J connectivity index is 1.51. The first-order valence-electron chi connectivity index (χ1n) is 10.3. The van der Waals surface area contributed by atoms with E-state index in [1.807, 2.05) is 64.0 Å². The van der Waals surface area contributed by atoms with Gasteiger partial charge in [0.05, 0.1) is 11.1 Å². The van der Waals surface area contributed by atoms with Crippen molar-refractivity contribution in [2.24, 2.45) is 5.92 Å². The number of halogens is 1. The normalized spacial score (nSPS) is 27.0. The summed E-state index contributed by atoms with van der Waals surface area (Å²) < 4.78 is 2.52. The van der Waals surface area contributed by atoms with Gasteiger partial charge in [-0.3, -0.25) is 9.20 Å². The Morgan fingerprint density at radius 3 is 2.69 bits per heavy atom. The van der Waals surface area contributed by atoms with Crippen LogP contribution in [0.1, 0.15) is 48.2 Å². The van der Waals surface area contributed by atoms with Crippen LogP contribution in [-0.4, -0.2) is 37.9 Å². The standard InChI is InChI=1S/C23H24BrN3O2/c24-22-25-20(19-12-6-7-14-27(19)22)21(28)26-15-13-23(29,16-8-2-1-3-9-16)17-10-4-5-11-18(17)26/h1-3,6-9,12,14,17-18,29H,4-5,10-11,13,15H2/t17-,18+,23?/m1/s1. The van der Waals surface area contributed by atoms with Crippen LogP contribution >= 0.6 is 15.9 Å². The van der Waals surface area contributed by atoms with E-state index in [9.17, 15) is 9.90 Å². The highest BCUT2D eigenvalue weighted by atomic mass is 79.9. The zero-order valence-corrected chi connectivity index (χ0v) is 17.8. The number of rotatable bonds is 2. The van der Waals surface area contributed by atoms with E-state index in [1.54, 1.807) is 0 Å². The van der Waals surface area contributed by atoms with Crippen LogP contribution in [0.2, 0.25) is 0 Å². The summed E-state index contributed by atoms with van der Waals surface area (Å²) in [7, 11) is 0. The molecule has 29 heavy (non-hydrogen) atoms. The molecule has 5 rings (SSSR count). The number of carbonyl (C=O) groups is 1. The lowest BCUT2D eigenvalue weighted by Crippen LogP contribution is -2.59. The lowest BCUT2D eigenvalue weighted by Gasteiger charge is -2.52. The summed E-state index contributed by atoms with van der Waals surface area (Å²) in [6, 6.07) is 15.8. The van der Waals surface area contributed by atoms with E-state index >= 15 is 0 Å². The van der Waals surface area contributed by atoms with Crippen LogP contribution < -0.4 is 0 Å². The zero-order chi connectivity index (χ0) is 20.0. The first-order valence-corrected chi connectivity index (χ1v) is 11.1. The van der Waals surface area contributed by atoms with Crippen LogP contribution in [0, 0.1) is 5.92 Å². The minimum Gasteiger partial charge on any atom is -0.385 e. The van der Waals surface area contributed by atoms with Gasteiger partial charge in [-0.25, -0.2) is 4.98 Å². The van der Waals surface area contributed by atoms with Crippen LogP contribution in [0.15, 0.2) is 59.5 Å². The molecular weight excluding hydrogens is 430 g/mol. The van der Waals surface area contributed by atoms with Crippen molar-refractivity contribution in [1.82, 2.24) is 14.3 Å². The number of imidazole rings is 1. The molecule has 0 bridgehead atoms. The van der Waals surface area contributed by atoms with Gasteiger partial charge in [-0.1, -0.05) is 49.2 Å². The number of fused-ring (bicyclic) bond motifs is 2. The highest BCUT2D eigenvalue weighted by molar-refractivity contribution is 9.10. The SMILES string of the molecule is O=C(c1nc(Br)n2ccccc12)N1CCC(O)(c2ccccc2)[C@@H]2CCCC[C@@H]21. The number of hydrogen-bond acceptors (Lipinski definition) is 3. The summed E-state index contributed by atoms with van der Waals surface area (Å²) in [5, 5.41) is 11.7. The highest BCUT2D eigenvalue weighted by Crippen LogP contribution is 2.47. The van der Waals surface area contributed by atoms with E-state index in [0.29, 0.717) is 23.4 Å². The van der Waals surface area contributed by atoms with Crippen molar-refractivity contribution in [1.29, 1.82) is 0 Å². The average Bonchev–Trinajstić information content (AvgIpc) is 3.11.